The summed E-state index contributed by atoms with van der Waals surface area (Å²) >= 11 is 0. The van der Waals surface area contributed by atoms with Gasteiger partial charge in [0, 0.05) is 49.7 Å². The first kappa shape index (κ1) is 20.5. The lowest BCUT2D eigenvalue weighted by Crippen LogP contribution is -2.45. The van der Waals surface area contributed by atoms with Gasteiger partial charge in [-0.3, -0.25) is 9.59 Å². The monoisotopic (exact) mass is 428 g/mol. The molecule has 1 fully saturated rings. The lowest BCUT2D eigenvalue weighted by molar-refractivity contribution is 0.0459. The van der Waals surface area contributed by atoms with E-state index in [0.29, 0.717) is 25.2 Å². The fraction of sp³-hybridized carbons (Fsp3) is 0.346. The number of aromatic nitrogens is 2. The van der Waals surface area contributed by atoms with Gasteiger partial charge in [-0.1, -0.05) is 36.4 Å². The minimum atomic E-state index is -0.0748. The molecule has 3 aromatic rings. The van der Waals surface area contributed by atoms with Gasteiger partial charge in [-0.2, -0.15) is 0 Å². The van der Waals surface area contributed by atoms with Crippen LogP contribution in [0.3, 0.4) is 0 Å². The van der Waals surface area contributed by atoms with E-state index in [-0.39, 0.29) is 23.8 Å². The van der Waals surface area contributed by atoms with Gasteiger partial charge < -0.3 is 14.4 Å². The number of piperidine rings is 1. The predicted octanol–water partition coefficient (Wildman–Crippen LogP) is 4.02. The van der Waals surface area contributed by atoms with Crippen LogP contribution in [0.4, 0.5) is 0 Å². The van der Waals surface area contributed by atoms with Crippen LogP contribution >= 0.6 is 0 Å². The number of nitrogens with zero attached hydrogens (tertiary/aromatic N) is 4. The van der Waals surface area contributed by atoms with E-state index in [2.05, 4.69) is 9.55 Å². The molecule has 2 amide bonds. The van der Waals surface area contributed by atoms with E-state index in [9.17, 15) is 9.59 Å². The highest BCUT2D eigenvalue weighted by molar-refractivity contribution is 5.95. The van der Waals surface area contributed by atoms with Crippen LogP contribution in [0, 0.1) is 5.92 Å². The Labute approximate surface area is 188 Å². The normalized spacial score (nSPS) is 19.3. The summed E-state index contributed by atoms with van der Waals surface area (Å²) in [5.41, 5.74) is 1.45. The van der Waals surface area contributed by atoms with Crippen molar-refractivity contribution in [1.82, 2.24) is 19.4 Å². The van der Waals surface area contributed by atoms with E-state index in [1.54, 1.807) is 0 Å². The fourth-order valence-corrected chi connectivity index (χ4v) is 5.09. The summed E-state index contributed by atoms with van der Waals surface area (Å²) in [5, 5.41) is 0. The number of carbonyl (C=O) groups is 2. The Balaban J connectivity index is 1.38. The highest BCUT2D eigenvalue weighted by Crippen LogP contribution is 2.37. The van der Waals surface area contributed by atoms with Crippen LogP contribution in [0.15, 0.2) is 73.1 Å². The molecule has 6 nitrogen and oxygen atoms in total. The van der Waals surface area contributed by atoms with Crippen molar-refractivity contribution < 1.29 is 9.59 Å². The summed E-state index contributed by atoms with van der Waals surface area (Å²) in [6.07, 6.45) is 6.48. The molecule has 0 spiro atoms. The molecule has 0 aliphatic carbocycles. The van der Waals surface area contributed by atoms with Crippen LogP contribution in [-0.4, -0.2) is 50.8 Å². The highest BCUT2D eigenvalue weighted by atomic mass is 16.2. The molecule has 0 radical (unpaired) electrons. The Kier molecular flexibility index (Phi) is 5.75. The van der Waals surface area contributed by atoms with Gasteiger partial charge in [0.1, 0.15) is 5.82 Å². The van der Waals surface area contributed by atoms with Crippen molar-refractivity contribution in [1.29, 1.82) is 0 Å². The SMILES string of the molecule is O=C(c1ccccc1)N1CCC(C2c3nccn3CCCN2C(=O)c2ccccc2)CC1. The third-order valence-electron chi connectivity index (χ3n) is 6.72. The largest absolute Gasteiger partial charge is 0.339 e. The average Bonchev–Trinajstić information content (AvgIpc) is 3.24. The van der Waals surface area contributed by atoms with Crippen LogP contribution < -0.4 is 0 Å². The minimum Gasteiger partial charge on any atom is -0.339 e. The third-order valence-corrected chi connectivity index (χ3v) is 6.72. The molecule has 0 N–H and O–H groups in total. The molecular formula is C26H28N4O2. The van der Waals surface area contributed by atoms with E-state index in [0.717, 1.165) is 37.2 Å². The van der Waals surface area contributed by atoms with Crippen LogP contribution in [0.2, 0.25) is 0 Å². The Bertz CT molecular complexity index is 1070. The van der Waals surface area contributed by atoms with Crippen molar-refractivity contribution in [2.45, 2.75) is 31.8 Å². The maximum atomic E-state index is 13.5. The zero-order valence-electron chi connectivity index (χ0n) is 18.1. The van der Waals surface area contributed by atoms with E-state index in [1.807, 2.05) is 82.9 Å². The summed E-state index contributed by atoms with van der Waals surface area (Å²) in [4.78, 5) is 35.1. The van der Waals surface area contributed by atoms with E-state index < -0.39 is 0 Å². The number of hydrogen-bond donors (Lipinski definition) is 0. The lowest BCUT2D eigenvalue weighted by atomic mass is 9.87. The molecule has 0 saturated carbocycles. The quantitative estimate of drug-likeness (QED) is 0.633. The Morgan fingerprint density at radius 1 is 0.781 bits per heavy atom. The fourth-order valence-electron chi connectivity index (χ4n) is 5.09. The van der Waals surface area contributed by atoms with Gasteiger partial charge in [-0.05, 0) is 49.4 Å². The number of hydrogen-bond acceptors (Lipinski definition) is 3. The molecule has 0 bridgehead atoms. The van der Waals surface area contributed by atoms with Crippen LogP contribution in [0.1, 0.15) is 51.8 Å². The molecule has 164 valence electrons. The molecule has 6 heteroatoms. The first-order chi connectivity index (χ1) is 15.7. The predicted molar refractivity (Wildman–Crippen MR) is 122 cm³/mol. The summed E-state index contributed by atoms with van der Waals surface area (Å²) < 4.78 is 2.20. The number of fused-ring (bicyclic) bond motifs is 1. The smallest absolute Gasteiger partial charge is 0.254 e. The number of imidazole rings is 1. The summed E-state index contributed by atoms with van der Waals surface area (Å²) in [6.45, 7) is 2.98. The maximum absolute atomic E-state index is 13.5. The van der Waals surface area contributed by atoms with Crippen LogP contribution in [-0.2, 0) is 6.54 Å². The second kappa shape index (κ2) is 8.99. The first-order valence-electron chi connectivity index (χ1n) is 11.4. The average molecular weight is 429 g/mol. The Hall–Kier alpha value is -3.41. The molecule has 1 saturated heterocycles. The van der Waals surface area contributed by atoms with E-state index in [1.165, 1.54) is 0 Å². The molecule has 2 aliphatic rings. The van der Waals surface area contributed by atoms with Gasteiger partial charge in [0.05, 0.1) is 6.04 Å². The van der Waals surface area contributed by atoms with Gasteiger partial charge >= 0.3 is 0 Å². The lowest BCUT2D eigenvalue weighted by Gasteiger charge is -2.40. The Morgan fingerprint density at radius 3 is 2.06 bits per heavy atom. The molecule has 3 heterocycles. The van der Waals surface area contributed by atoms with Gasteiger partial charge in [0.15, 0.2) is 0 Å². The van der Waals surface area contributed by atoms with Crippen molar-refractivity contribution >= 4 is 11.8 Å². The summed E-state index contributed by atoms with van der Waals surface area (Å²) in [6, 6.07) is 18.9. The second-order valence-corrected chi connectivity index (χ2v) is 8.64. The standard InChI is InChI=1S/C26H28N4O2/c31-25(21-8-3-1-4-9-21)29-17-12-20(13-18-29)23-24-27-14-19-28(24)15-7-16-30(23)26(32)22-10-5-2-6-11-22/h1-6,8-11,14,19-20,23H,7,12-13,15-18H2. The molecule has 2 aromatic carbocycles. The van der Waals surface area contributed by atoms with Crippen molar-refractivity contribution in [2.24, 2.45) is 5.92 Å². The van der Waals surface area contributed by atoms with E-state index >= 15 is 0 Å². The van der Waals surface area contributed by atoms with Gasteiger partial charge in [0.25, 0.3) is 11.8 Å². The number of rotatable bonds is 3. The minimum absolute atomic E-state index is 0.0647. The van der Waals surface area contributed by atoms with Crippen LogP contribution in [0.5, 0.6) is 0 Å². The highest BCUT2D eigenvalue weighted by Gasteiger charge is 2.39. The molecule has 5 rings (SSSR count). The van der Waals surface area contributed by atoms with Crippen molar-refractivity contribution in [3.63, 3.8) is 0 Å². The van der Waals surface area contributed by atoms with Gasteiger partial charge in [-0.15, -0.1) is 0 Å². The Morgan fingerprint density at radius 2 is 1.41 bits per heavy atom. The third kappa shape index (κ3) is 3.93. The molecule has 1 aromatic heterocycles. The maximum Gasteiger partial charge on any atom is 0.254 e. The molecule has 1 unspecified atom stereocenters. The molecular weight excluding hydrogens is 400 g/mol. The number of amides is 2. The first-order valence-corrected chi connectivity index (χ1v) is 11.4. The molecule has 32 heavy (non-hydrogen) atoms. The van der Waals surface area contributed by atoms with Gasteiger partial charge in [-0.25, -0.2) is 4.98 Å². The van der Waals surface area contributed by atoms with Crippen LogP contribution in [0.25, 0.3) is 0 Å². The van der Waals surface area contributed by atoms with Crippen molar-refractivity contribution in [3.05, 3.63) is 90.0 Å². The summed E-state index contributed by atoms with van der Waals surface area (Å²) in [5.74, 6) is 1.39. The topological polar surface area (TPSA) is 58.4 Å². The summed E-state index contributed by atoms with van der Waals surface area (Å²) in [7, 11) is 0. The molecule has 2 aliphatic heterocycles. The number of carbonyl (C=O) groups excluding carboxylic acids is 2. The van der Waals surface area contributed by atoms with Crippen molar-refractivity contribution in [3.8, 4) is 0 Å². The number of aryl methyl sites for hydroxylation is 1. The zero-order valence-corrected chi connectivity index (χ0v) is 18.1. The second-order valence-electron chi connectivity index (χ2n) is 8.64. The number of likely N-dealkylation sites (tertiary alicyclic amines) is 1. The molecule has 1 atom stereocenters. The van der Waals surface area contributed by atoms with Crippen molar-refractivity contribution in [2.75, 3.05) is 19.6 Å². The zero-order chi connectivity index (χ0) is 21.9. The van der Waals surface area contributed by atoms with Gasteiger partial charge in [0.2, 0.25) is 0 Å². The number of benzene rings is 2. The van der Waals surface area contributed by atoms with E-state index in [4.69, 9.17) is 0 Å².